The first kappa shape index (κ1) is 17.6. The summed E-state index contributed by atoms with van der Waals surface area (Å²) >= 11 is 0. The molecule has 2 heterocycles. The van der Waals surface area contributed by atoms with Crippen LogP contribution in [0.4, 0.5) is 0 Å². The summed E-state index contributed by atoms with van der Waals surface area (Å²) in [6.07, 6.45) is 0.607. The van der Waals surface area contributed by atoms with Crippen molar-refractivity contribution < 1.29 is 14.3 Å². The first-order valence-electron chi connectivity index (χ1n) is 8.56. The minimum atomic E-state index is -0.595. The number of carbonyl (C=O) groups excluding carboxylic acids is 1. The van der Waals surface area contributed by atoms with Gasteiger partial charge in [-0.3, -0.25) is 9.48 Å². The number of aryl methyl sites for hydroxylation is 3. The number of amides is 1. The number of ether oxygens (including phenoxy) is 2. The number of carbonyl (C=O) groups is 1. The van der Waals surface area contributed by atoms with Gasteiger partial charge in [-0.05, 0) is 44.0 Å². The number of hydrogen-bond donors (Lipinski definition) is 1. The van der Waals surface area contributed by atoms with Crippen LogP contribution in [0.1, 0.15) is 35.0 Å². The Hall–Kier alpha value is -2.18. The maximum Gasteiger partial charge on any atom is 0.271 e. The molecule has 25 heavy (non-hydrogen) atoms. The molecule has 0 radical (unpaired) electrons. The summed E-state index contributed by atoms with van der Waals surface area (Å²) in [4.78, 5) is 12.4. The molecule has 1 saturated heterocycles. The van der Waals surface area contributed by atoms with Crippen LogP contribution < -0.4 is 5.32 Å². The summed E-state index contributed by atoms with van der Waals surface area (Å²) in [7, 11) is 1.85. The van der Waals surface area contributed by atoms with Crippen molar-refractivity contribution in [1.29, 1.82) is 0 Å². The van der Waals surface area contributed by atoms with Crippen LogP contribution in [0.3, 0.4) is 0 Å². The van der Waals surface area contributed by atoms with Gasteiger partial charge in [0, 0.05) is 25.6 Å². The van der Waals surface area contributed by atoms with Gasteiger partial charge in [-0.2, -0.15) is 5.10 Å². The highest BCUT2D eigenvalue weighted by molar-refractivity contribution is 5.93. The number of hydrogen-bond acceptors (Lipinski definition) is 4. The van der Waals surface area contributed by atoms with E-state index in [4.69, 9.17) is 9.47 Å². The van der Waals surface area contributed by atoms with Crippen LogP contribution in [0.25, 0.3) is 11.3 Å². The van der Waals surface area contributed by atoms with E-state index in [9.17, 15) is 4.79 Å². The molecular formula is C19H25N3O3. The van der Waals surface area contributed by atoms with Crippen LogP contribution in [0, 0.1) is 13.8 Å². The lowest BCUT2D eigenvalue weighted by Gasteiger charge is -2.21. The predicted molar refractivity (Wildman–Crippen MR) is 95.4 cm³/mol. The zero-order valence-corrected chi connectivity index (χ0v) is 15.3. The van der Waals surface area contributed by atoms with Crippen molar-refractivity contribution in [3.8, 4) is 11.3 Å². The molecule has 6 nitrogen and oxygen atoms in total. The summed E-state index contributed by atoms with van der Waals surface area (Å²) < 4.78 is 12.8. The number of aromatic nitrogens is 2. The molecule has 1 aromatic carbocycles. The average molecular weight is 343 g/mol. The molecule has 1 aromatic heterocycles. The lowest BCUT2D eigenvalue weighted by atomic mass is 10.0. The fourth-order valence-electron chi connectivity index (χ4n) is 2.94. The van der Waals surface area contributed by atoms with E-state index >= 15 is 0 Å². The summed E-state index contributed by atoms with van der Waals surface area (Å²) in [6, 6.07) is 8.07. The molecule has 3 rings (SSSR count). The van der Waals surface area contributed by atoms with E-state index in [1.807, 2.05) is 20.0 Å². The molecule has 134 valence electrons. The van der Waals surface area contributed by atoms with Gasteiger partial charge in [0.25, 0.3) is 5.91 Å². The van der Waals surface area contributed by atoms with Gasteiger partial charge in [-0.25, -0.2) is 0 Å². The van der Waals surface area contributed by atoms with Crippen molar-refractivity contribution in [2.75, 3.05) is 19.8 Å². The van der Waals surface area contributed by atoms with Crippen LogP contribution in [-0.4, -0.2) is 41.2 Å². The van der Waals surface area contributed by atoms with Gasteiger partial charge < -0.3 is 14.8 Å². The molecule has 1 fully saturated rings. The second kappa shape index (κ2) is 6.98. The summed E-state index contributed by atoms with van der Waals surface area (Å²) in [5.41, 5.74) is 4.84. The standard InChI is InChI=1S/C19H25N3O3/c1-13-5-6-15(11-14(13)2)17-12-16(21-22(17)4)18(23)20-8-7-19(3)24-9-10-25-19/h5-6,11-12H,7-10H2,1-4H3,(H,20,23). The van der Waals surface area contributed by atoms with Crippen LogP contribution in [-0.2, 0) is 16.5 Å². The van der Waals surface area contributed by atoms with Crippen LogP contribution in [0.15, 0.2) is 24.3 Å². The normalized spacial score (nSPS) is 16.2. The van der Waals surface area contributed by atoms with Gasteiger partial charge in [0.1, 0.15) is 0 Å². The molecule has 0 bridgehead atoms. The van der Waals surface area contributed by atoms with E-state index in [2.05, 4.69) is 42.5 Å². The number of benzene rings is 1. The molecule has 0 saturated carbocycles. The molecule has 0 spiro atoms. The second-order valence-corrected chi connectivity index (χ2v) is 6.67. The molecule has 6 heteroatoms. The highest BCUT2D eigenvalue weighted by Gasteiger charge is 2.30. The van der Waals surface area contributed by atoms with E-state index < -0.39 is 5.79 Å². The Morgan fingerprint density at radius 3 is 2.64 bits per heavy atom. The summed E-state index contributed by atoms with van der Waals surface area (Å²) in [5.74, 6) is -0.783. The van der Waals surface area contributed by atoms with Crippen molar-refractivity contribution in [2.24, 2.45) is 7.05 Å². The highest BCUT2D eigenvalue weighted by atomic mass is 16.7. The van der Waals surface area contributed by atoms with Crippen molar-refractivity contribution in [1.82, 2.24) is 15.1 Å². The predicted octanol–water partition coefficient (Wildman–Crippen LogP) is 2.59. The largest absolute Gasteiger partial charge is 0.350 e. The Kier molecular flexibility index (Phi) is 4.92. The third-order valence-electron chi connectivity index (χ3n) is 4.68. The summed E-state index contributed by atoms with van der Waals surface area (Å²) in [6.45, 7) is 7.74. The maximum atomic E-state index is 12.4. The maximum absolute atomic E-state index is 12.4. The molecule has 1 aliphatic heterocycles. The lowest BCUT2D eigenvalue weighted by Crippen LogP contribution is -2.33. The minimum absolute atomic E-state index is 0.188. The Morgan fingerprint density at radius 2 is 1.96 bits per heavy atom. The third kappa shape index (κ3) is 3.91. The molecule has 1 N–H and O–H groups in total. The van der Waals surface area contributed by atoms with Crippen LogP contribution >= 0.6 is 0 Å². The van der Waals surface area contributed by atoms with Crippen molar-refractivity contribution in [3.05, 3.63) is 41.1 Å². The van der Waals surface area contributed by atoms with Crippen LogP contribution in [0.5, 0.6) is 0 Å². The van der Waals surface area contributed by atoms with Gasteiger partial charge in [0.05, 0.1) is 18.9 Å². The first-order valence-corrected chi connectivity index (χ1v) is 8.56. The van der Waals surface area contributed by atoms with Gasteiger partial charge in [-0.15, -0.1) is 0 Å². The van der Waals surface area contributed by atoms with Crippen LogP contribution in [0.2, 0.25) is 0 Å². The van der Waals surface area contributed by atoms with E-state index in [0.717, 1.165) is 11.3 Å². The van der Waals surface area contributed by atoms with Crippen molar-refractivity contribution in [2.45, 2.75) is 33.0 Å². The molecule has 0 aliphatic carbocycles. The number of rotatable bonds is 5. The fraction of sp³-hybridized carbons (Fsp3) is 0.474. The fourth-order valence-corrected chi connectivity index (χ4v) is 2.94. The monoisotopic (exact) mass is 343 g/mol. The van der Waals surface area contributed by atoms with Gasteiger partial charge in [0.2, 0.25) is 0 Å². The quantitative estimate of drug-likeness (QED) is 0.906. The summed E-state index contributed by atoms with van der Waals surface area (Å²) in [5, 5.41) is 7.24. The smallest absolute Gasteiger partial charge is 0.271 e. The highest BCUT2D eigenvalue weighted by Crippen LogP contribution is 2.23. The molecule has 0 unspecified atom stereocenters. The van der Waals surface area contributed by atoms with Gasteiger partial charge in [0.15, 0.2) is 11.5 Å². The zero-order chi connectivity index (χ0) is 18.0. The Balaban J connectivity index is 1.66. The molecule has 0 atom stereocenters. The van der Waals surface area contributed by atoms with E-state index in [0.29, 0.717) is 31.9 Å². The molecule has 1 amide bonds. The Morgan fingerprint density at radius 1 is 1.24 bits per heavy atom. The van der Waals surface area contributed by atoms with Gasteiger partial charge in [-0.1, -0.05) is 12.1 Å². The number of nitrogens with one attached hydrogen (secondary N) is 1. The third-order valence-corrected chi connectivity index (χ3v) is 4.68. The van der Waals surface area contributed by atoms with E-state index in [1.54, 1.807) is 4.68 Å². The molecule has 1 aliphatic rings. The molecule has 2 aromatic rings. The Bertz CT molecular complexity index is 776. The topological polar surface area (TPSA) is 65.4 Å². The number of nitrogens with zero attached hydrogens (tertiary/aromatic N) is 2. The van der Waals surface area contributed by atoms with Gasteiger partial charge >= 0.3 is 0 Å². The zero-order valence-electron chi connectivity index (χ0n) is 15.3. The van der Waals surface area contributed by atoms with E-state index in [-0.39, 0.29) is 5.91 Å². The average Bonchev–Trinajstić information content (AvgIpc) is 3.16. The molecular weight excluding hydrogens is 318 g/mol. The Labute approximate surface area is 148 Å². The lowest BCUT2D eigenvalue weighted by molar-refractivity contribution is -0.145. The van der Waals surface area contributed by atoms with Crippen molar-refractivity contribution >= 4 is 5.91 Å². The SMILES string of the molecule is Cc1ccc(-c2cc(C(=O)NCCC3(C)OCCO3)nn2C)cc1C. The first-order chi connectivity index (χ1) is 11.9. The van der Waals surface area contributed by atoms with Crippen molar-refractivity contribution in [3.63, 3.8) is 0 Å². The van der Waals surface area contributed by atoms with E-state index in [1.165, 1.54) is 11.1 Å². The minimum Gasteiger partial charge on any atom is -0.350 e. The second-order valence-electron chi connectivity index (χ2n) is 6.67.